The van der Waals surface area contributed by atoms with Crippen molar-refractivity contribution in [2.75, 3.05) is 31.9 Å². The Bertz CT molecular complexity index is 1170. The number of esters is 2. The van der Waals surface area contributed by atoms with E-state index >= 15 is 4.39 Å². The van der Waals surface area contributed by atoms with E-state index in [-0.39, 0.29) is 17.7 Å². The van der Waals surface area contributed by atoms with Crippen LogP contribution in [0.25, 0.3) is 0 Å². The smallest absolute Gasteiger partial charge is 0.418 e. The van der Waals surface area contributed by atoms with Crippen molar-refractivity contribution in [3.05, 3.63) is 57.2 Å². The summed E-state index contributed by atoms with van der Waals surface area (Å²) in [5.74, 6) is -4.48. The summed E-state index contributed by atoms with van der Waals surface area (Å²) in [6, 6.07) is 2.63. The number of hydrogen-bond acceptors (Lipinski definition) is 7. The van der Waals surface area contributed by atoms with Gasteiger partial charge in [0, 0.05) is 28.2 Å². The third kappa shape index (κ3) is 5.00. The van der Waals surface area contributed by atoms with Crippen molar-refractivity contribution in [1.82, 2.24) is 5.32 Å². The van der Waals surface area contributed by atoms with Gasteiger partial charge in [-0.1, -0.05) is 6.92 Å². The third-order valence-electron chi connectivity index (χ3n) is 5.74. The van der Waals surface area contributed by atoms with E-state index in [0.29, 0.717) is 23.6 Å². The molecule has 0 bridgehead atoms. The number of hydrogen-bond donors (Lipinski definition) is 1. The summed E-state index contributed by atoms with van der Waals surface area (Å²) in [4.78, 5) is 25.9. The van der Waals surface area contributed by atoms with Gasteiger partial charge in [-0.25, -0.2) is 18.4 Å². The highest BCUT2D eigenvalue weighted by atomic mass is 32.2. The molecule has 1 aromatic rings. The van der Waals surface area contributed by atoms with E-state index in [9.17, 15) is 32.4 Å². The maximum atomic E-state index is 15.2. The molecule has 0 saturated carbocycles. The fourth-order valence-electron chi connectivity index (χ4n) is 4.04. The number of carbonyl (C=O) groups excluding carboxylic acids is 2. The minimum Gasteiger partial charge on any atom is -0.466 e. The maximum Gasteiger partial charge on any atom is 0.418 e. The van der Waals surface area contributed by atoms with Crippen molar-refractivity contribution < 1.29 is 41.0 Å². The van der Waals surface area contributed by atoms with Gasteiger partial charge in [-0.2, -0.15) is 30.2 Å². The zero-order valence-corrected chi connectivity index (χ0v) is 19.8. The maximum absolute atomic E-state index is 15.2. The Hall–Kier alpha value is -3.07. The van der Waals surface area contributed by atoms with E-state index in [0.717, 1.165) is 7.11 Å². The van der Waals surface area contributed by atoms with Gasteiger partial charge in [-0.3, -0.25) is 0 Å². The van der Waals surface area contributed by atoms with Crippen molar-refractivity contribution in [3.8, 4) is 6.07 Å². The van der Waals surface area contributed by atoms with E-state index in [1.54, 1.807) is 11.8 Å². The topological polar surface area (TPSA) is 88.4 Å². The van der Waals surface area contributed by atoms with Crippen LogP contribution in [-0.4, -0.2) is 43.8 Å². The van der Waals surface area contributed by atoms with Crippen LogP contribution < -0.4 is 5.32 Å². The summed E-state index contributed by atoms with van der Waals surface area (Å²) >= 11 is 1.62. The first-order chi connectivity index (χ1) is 16.4. The number of rotatable bonds is 6. The summed E-state index contributed by atoms with van der Waals surface area (Å²) in [5, 5.41) is 11.8. The van der Waals surface area contributed by atoms with Crippen LogP contribution >= 0.6 is 11.8 Å². The molecule has 0 radical (unpaired) electrons. The van der Waals surface area contributed by atoms with Gasteiger partial charge in [-0.15, -0.1) is 0 Å². The molecule has 0 aromatic heterocycles. The summed E-state index contributed by atoms with van der Waals surface area (Å²) < 4.78 is 81.5. The Morgan fingerprint density at radius 3 is 2.40 bits per heavy atom. The fraction of sp³-hybridized carbons (Fsp3) is 0.435. The third-order valence-corrected chi connectivity index (χ3v) is 7.54. The predicted molar refractivity (Wildman–Crippen MR) is 116 cm³/mol. The average Bonchev–Trinajstić information content (AvgIpc) is 2.79. The Morgan fingerprint density at radius 2 is 1.91 bits per heavy atom. The van der Waals surface area contributed by atoms with Crippen LogP contribution in [0.3, 0.4) is 0 Å². The van der Waals surface area contributed by atoms with Gasteiger partial charge < -0.3 is 14.8 Å². The first kappa shape index (κ1) is 26.5. The predicted octanol–water partition coefficient (Wildman–Crippen LogP) is 4.37. The number of alkyl halides is 4. The second kappa shape index (κ2) is 9.89. The second-order valence-electron chi connectivity index (χ2n) is 8.49. The molecule has 188 valence electrons. The number of halogens is 5. The lowest BCUT2D eigenvalue weighted by molar-refractivity contribution is -0.143. The van der Waals surface area contributed by atoms with Gasteiger partial charge in [0.15, 0.2) is 0 Å². The molecule has 2 aliphatic heterocycles. The van der Waals surface area contributed by atoms with Crippen molar-refractivity contribution in [3.63, 3.8) is 0 Å². The molecule has 1 saturated heterocycles. The van der Waals surface area contributed by atoms with Crippen molar-refractivity contribution in [2.45, 2.75) is 25.9 Å². The molecule has 0 amide bonds. The SMILES string of the molecule is COC(=O)C1=C(CF)NC(C)=C(C(=O)OCC2(C)CSC2)C1c1c(F)ccc(C#N)c1C(F)(F)F. The number of nitriles is 1. The highest BCUT2D eigenvalue weighted by Gasteiger charge is 2.47. The molecule has 1 unspecified atom stereocenters. The Morgan fingerprint density at radius 1 is 1.26 bits per heavy atom. The summed E-state index contributed by atoms with van der Waals surface area (Å²) in [6.45, 7) is 1.71. The van der Waals surface area contributed by atoms with Crippen LogP contribution in [0.2, 0.25) is 0 Å². The number of dihydropyridines is 1. The minimum absolute atomic E-state index is 0.0670. The fourth-order valence-corrected chi connectivity index (χ4v) is 5.11. The molecule has 1 fully saturated rings. The number of allylic oxidation sites excluding steroid dienone is 2. The molecule has 1 aromatic carbocycles. The summed E-state index contributed by atoms with van der Waals surface area (Å²) in [5.41, 5.74) is -5.97. The number of thioether (sulfide) groups is 1. The van der Waals surface area contributed by atoms with Crippen LogP contribution in [0.1, 0.15) is 36.5 Å². The molecular formula is C23H21F5N2O4S. The number of methoxy groups -OCH3 is 1. The summed E-state index contributed by atoms with van der Waals surface area (Å²) in [6.07, 6.45) is -5.25. The second-order valence-corrected chi connectivity index (χ2v) is 9.47. The van der Waals surface area contributed by atoms with Crippen LogP contribution in [0.15, 0.2) is 34.7 Å². The molecule has 3 rings (SSSR count). The van der Waals surface area contributed by atoms with E-state index in [4.69, 9.17) is 4.74 Å². The molecule has 1 atom stereocenters. The molecule has 6 nitrogen and oxygen atoms in total. The highest BCUT2D eigenvalue weighted by molar-refractivity contribution is 8.00. The number of carbonyl (C=O) groups is 2. The van der Waals surface area contributed by atoms with Crippen LogP contribution in [0, 0.1) is 22.6 Å². The minimum atomic E-state index is -5.25. The molecule has 35 heavy (non-hydrogen) atoms. The first-order valence-electron chi connectivity index (χ1n) is 10.3. The normalized spacial score (nSPS) is 19.5. The monoisotopic (exact) mass is 516 g/mol. The van der Waals surface area contributed by atoms with Gasteiger partial charge in [-0.05, 0) is 19.1 Å². The van der Waals surface area contributed by atoms with Crippen molar-refractivity contribution in [2.24, 2.45) is 5.41 Å². The first-order valence-corrected chi connectivity index (χ1v) is 11.4. The molecule has 2 heterocycles. The quantitative estimate of drug-likeness (QED) is 0.444. The molecular weight excluding hydrogens is 495 g/mol. The largest absolute Gasteiger partial charge is 0.466 e. The van der Waals surface area contributed by atoms with Crippen LogP contribution in [-0.2, 0) is 25.2 Å². The summed E-state index contributed by atoms with van der Waals surface area (Å²) in [7, 11) is 0.910. The molecule has 0 spiro atoms. The van der Waals surface area contributed by atoms with Gasteiger partial charge in [0.1, 0.15) is 12.5 Å². The lowest BCUT2D eigenvalue weighted by Gasteiger charge is -2.37. The molecule has 2 aliphatic rings. The van der Waals surface area contributed by atoms with E-state index in [1.165, 1.54) is 13.0 Å². The Labute approximate surface area is 202 Å². The van der Waals surface area contributed by atoms with Crippen molar-refractivity contribution in [1.29, 1.82) is 5.26 Å². The van der Waals surface area contributed by atoms with Gasteiger partial charge in [0.2, 0.25) is 0 Å². The lowest BCUT2D eigenvalue weighted by Crippen LogP contribution is -2.39. The van der Waals surface area contributed by atoms with Gasteiger partial charge in [0.05, 0.1) is 53.7 Å². The Balaban J connectivity index is 2.29. The Kier molecular flexibility index (Phi) is 7.50. The molecule has 1 N–H and O–H groups in total. The number of nitrogens with zero attached hydrogens (tertiary/aromatic N) is 1. The zero-order chi connectivity index (χ0) is 26.1. The van der Waals surface area contributed by atoms with Crippen LogP contribution in [0.5, 0.6) is 0 Å². The van der Waals surface area contributed by atoms with Gasteiger partial charge in [0.25, 0.3) is 0 Å². The molecule has 0 aliphatic carbocycles. The highest BCUT2D eigenvalue weighted by Crippen LogP contribution is 2.47. The van der Waals surface area contributed by atoms with E-state index in [1.807, 2.05) is 6.92 Å². The van der Waals surface area contributed by atoms with E-state index < -0.39 is 70.1 Å². The zero-order valence-electron chi connectivity index (χ0n) is 18.9. The average molecular weight is 516 g/mol. The van der Waals surface area contributed by atoms with Gasteiger partial charge >= 0.3 is 18.1 Å². The van der Waals surface area contributed by atoms with Crippen LogP contribution in [0.4, 0.5) is 22.0 Å². The number of ether oxygens (including phenoxy) is 2. The van der Waals surface area contributed by atoms with E-state index in [2.05, 4.69) is 10.1 Å². The molecule has 12 heteroatoms. The lowest BCUT2D eigenvalue weighted by atomic mass is 9.77. The standard InChI is InChI=1S/C23H21F5N2O4S/c1-11-15(21(32)34-8-22(2)9-35-10-22)18(17(20(31)33-3)14(6-24)30-11)16-13(25)5-4-12(7-29)19(16)23(26,27)28/h4-5,18,30H,6,8-10H2,1-3H3. The number of nitrogens with one attached hydrogen (secondary N) is 1. The number of benzene rings is 1. The van der Waals surface area contributed by atoms with Crippen molar-refractivity contribution >= 4 is 23.7 Å².